The molecule has 0 amide bonds. The van der Waals surface area contributed by atoms with E-state index in [9.17, 15) is 0 Å². The first-order valence-electron chi connectivity index (χ1n) is 8.72. The lowest BCUT2D eigenvalue weighted by Gasteiger charge is -2.14. The van der Waals surface area contributed by atoms with E-state index < -0.39 is 0 Å². The van der Waals surface area contributed by atoms with E-state index >= 15 is 0 Å². The summed E-state index contributed by atoms with van der Waals surface area (Å²) in [4.78, 5) is 4.27. The van der Waals surface area contributed by atoms with Crippen molar-refractivity contribution in [2.24, 2.45) is 4.99 Å². The van der Waals surface area contributed by atoms with Crippen molar-refractivity contribution >= 4 is 5.96 Å². The van der Waals surface area contributed by atoms with Crippen LogP contribution in [0.5, 0.6) is 17.2 Å². The average molecular weight is 355 g/mol. The van der Waals surface area contributed by atoms with E-state index in [-0.39, 0.29) is 12.9 Å². The maximum atomic E-state index is 5.73. The van der Waals surface area contributed by atoms with E-state index in [1.54, 1.807) is 7.05 Å². The molecule has 0 unspecified atom stereocenters. The van der Waals surface area contributed by atoms with Gasteiger partial charge in [-0.15, -0.1) is 0 Å². The summed E-state index contributed by atoms with van der Waals surface area (Å²) in [6.07, 6.45) is 0.161. The molecule has 0 atom stereocenters. The highest BCUT2D eigenvalue weighted by molar-refractivity contribution is 5.79. The molecule has 138 valence electrons. The topological polar surface area (TPSA) is 64.1 Å². The van der Waals surface area contributed by atoms with Crippen molar-refractivity contribution in [2.75, 3.05) is 13.8 Å². The summed E-state index contributed by atoms with van der Waals surface area (Å²) >= 11 is 0. The van der Waals surface area contributed by atoms with Crippen molar-refractivity contribution in [3.63, 3.8) is 0 Å². The van der Waals surface area contributed by atoms with Crippen LogP contribution in [0.4, 0.5) is 0 Å². The highest BCUT2D eigenvalue weighted by Gasteiger charge is 2.13. The van der Waals surface area contributed by atoms with Crippen LogP contribution in [0.2, 0.25) is 0 Å². The van der Waals surface area contributed by atoms with Crippen LogP contribution in [0.25, 0.3) is 0 Å². The Hall–Kier alpha value is -2.89. The van der Waals surface area contributed by atoms with Gasteiger partial charge in [0.15, 0.2) is 17.5 Å². The fraction of sp³-hybridized carbons (Fsp3) is 0.350. The van der Waals surface area contributed by atoms with Crippen LogP contribution < -0.4 is 24.8 Å². The van der Waals surface area contributed by atoms with Crippen LogP contribution in [0.1, 0.15) is 25.0 Å². The Balaban J connectivity index is 1.52. The standard InChI is InChI=1S/C20H25N3O3/c1-14(2)26-17-6-4-5-15(9-17)11-22-20(21-3)23-12-16-7-8-18-19(10-16)25-13-24-18/h4-10,14H,11-13H2,1-3H3,(H2,21,22,23). The minimum absolute atomic E-state index is 0.161. The summed E-state index contributed by atoms with van der Waals surface area (Å²) in [5, 5.41) is 6.62. The molecule has 0 radical (unpaired) electrons. The lowest BCUT2D eigenvalue weighted by Crippen LogP contribution is -2.36. The van der Waals surface area contributed by atoms with Crippen LogP contribution in [-0.2, 0) is 13.1 Å². The zero-order valence-corrected chi connectivity index (χ0v) is 15.4. The lowest BCUT2D eigenvalue weighted by atomic mass is 10.2. The van der Waals surface area contributed by atoms with Gasteiger partial charge in [0.2, 0.25) is 6.79 Å². The molecule has 2 N–H and O–H groups in total. The van der Waals surface area contributed by atoms with Crippen molar-refractivity contribution in [3.8, 4) is 17.2 Å². The predicted molar refractivity (Wildman–Crippen MR) is 102 cm³/mol. The van der Waals surface area contributed by atoms with Gasteiger partial charge in [-0.2, -0.15) is 0 Å². The Morgan fingerprint density at radius 3 is 2.50 bits per heavy atom. The highest BCUT2D eigenvalue weighted by Crippen LogP contribution is 2.32. The van der Waals surface area contributed by atoms with Crippen LogP contribution in [0, 0.1) is 0 Å². The van der Waals surface area contributed by atoms with Crippen molar-refractivity contribution < 1.29 is 14.2 Å². The Morgan fingerprint density at radius 2 is 1.77 bits per heavy atom. The SMILES string of the molecule is CN=C(NCc1cccc(OC(C)C)c1)NCc1ccc2c(c1)OCO2. The molecule has 0 spiro atoms. The van der Waals surface area contributed by atoms with E-state index in [0.29, 0.717) is 13.1 Å². The molecule has 0 bridgehead atoms. The average Bonchev–Trinajstić information content (AvgIpc) is 3.09. The van der Waals surface area contributed by atoms with Gasteiger partial charge in [-0.1, -0.05) is 18.2 Å². The van der Waals surface area contributed by atoms with Gasteiger partial charge in [0.25, 0.3) is 0 Å². The second-order valence-corrected chi connectivity index (χ2v) is 6.28. The van der Waals surface area contributed by atoms with Gasteiger partial charge in [-0.05, 0) is 49.2 Å². The van der Waals surface area contributed by atoms with E-state index in [2.05, 4.69) is 21.7 Å². The van der Waals surface area contributed by atoms with Gasteiger partial charge in [-0.3, -0.25) is 4.99 Å². The Kier molecular flexibility index (Phi) is 5.84. The van der Waals surface area contributed by atoms with E-state index in [1.165, 1.54) is 0 Å². The molecule has 1 heterocycles. The maximum absolute atomic E-state index is 5.73. The van der Waals surface area contributed by atoms with Gasteiger partial charge in [0.1, 0.15) is 5.75 Å². The fourth-order valence-corrected chi connectivity index (χ4v) is 2.64. The van der Waals surface area contributed by atoms with Crippen molar-refractivity contribution in [1.82, 2.24) is 10.6 Å². The number of ether oxygens (including phenoxy) is 3. The number of nitrogens with one attached hydrogen (secondary N) is 2. The number of fused-ring (bicyclic) bond motifs is 1. The molecule has 0 fully saturated rings. The third kappa shape index (κ3) is 4.81. The molecule has 6 nitrogen and oxygen atoms in total. The first-order chi connectivity index (χ1) is 12.6. The summed E-state index contributed by atoms with van der Waals surface area (Å²) in [6, 6.07) is 14.0. The number of hydrogen-bond donors (Lipinski definition) is 2. The highest BCUT2D eigenvalue weighted by atomic mass is 16.7. The van der Waals surface area contributed by atoms with Gasteiger partial charge in [-0.25, -0.2) is 0 Å². The summed E-state index contributed by atoms with van der Waals surface area (Å²) in [6.45, 7) is 5.64. The minimum Gasteiger partial charge on any atom is -0.491 e. The number of nitrogens with zero attached hydrogens (tertiary/aromatic N) is 1. The predicted octanol–water partition coefficient (Wildman–Crippen LogP) is 3.07. The van der Waals surface area contributed by atoms with Crippen LogP contribution in [0.15, 0.2) is 47.5 Å². The number of aliphatic imine (C=N–C) groups is 1. The maximum Gasteiger partial charge on any atom is 0.231 e. The first kappa shape index (κ1) is 17.9. The zero-order valence-electron chi connectivity index (χ0n) is 15.4. The minimum atomic E-state index is 0.161. The molecule has 0 saturated carbocycles. The number of rotatable bonds is 6. The summed E-state index contributed by atoms with van der Waals surface area (Å²) < 4.78 is 16.5. The fourth-order valence-electron chi connectivity index (χ4n) is 2.64. The van der Waals surface area contributed by atoms with Crippen LogP contribution in [-0.4, -0.2) is 25.9 Å². The Morgan fingerprint density at radius 1 is 1.04 bits per heavy atom. The molecule has 0 aromatic heterocycles. The smallest absolute Gasteiger partial charge is 0.231 e. The normalized spacial score (nSPS) is 13.0. The van der Waals surface area contributed by atoms with Gasteiger partial charge in [0.05, 0.1) is 6.10 Å². The monoisotopic (exact) mass is 355 g/mol. The van der Waals surface area contributed by atoms with E-state index in [0.717, 1.165) is 34.3 Å². The largest absolute Gasteiger partial charge is 0.491 e. The molecule has 26 heavy (non-hydrogen) atoms. The number of hydrogen-bond acceptors (Lipinski definition) is 4. The third-order valence-corrected chi connectivity index (χ3v) is 3.85. The molecule has 0 saturated heterocycles. The summed E-state index contributed by atoms with van der Waals surface area (Å²) in [5.74, 6) is 3.19. The summed E-state index contributed by atoms with van der Waals surface area (Å²) in [5.41, 5.74) is 2.23. The van der Waals surface area contributed by atoms with Gasteiger partial charge >= 0.3 is 0 Å². The van der Waals surface area contributed by atoms with Crippen molar-refractivity contribution in [1.29, 1.82) is 0 Å². The molecule has 2 aromatic carbocycles. The molecular formula is C20H25N3O3. The lowest BCUT2D eigenvalue weighted by molar-refractivity contribution is 0.174. The van der Waals surface area contributed by atoms with Crippen molar-refractivity contribution in [3.05, 3.63) is 53.6 Å². The quantitative estimate of drug-likeness (QED) is 0.616. The van der Waals surface area contributed by atoms with Crippen molar-refractivity contribution in [2.45, 2.75) is 33.0 Å². The first-order valence-corrected chi connectivity index (χ1v) is 8.72. The van der Waals surface area contributed by atoms with E-state index in [1.807, 2.05) is 50.2 Å². The Labute approximate surface area is 154 Å². The van der Waals surface area contributed by atoms with Crippen LogP contribution in [0.3, 0.4) is 0 Å². The number of benzene rings is 2. The number of guanidine groups is 1. The molecule has 1 aliphatic heterocycles. The molecule has 1 aliphatic rings. The second-order valence-electron chi connectivity index (χ2n) is 6.28. The van der Waals surface area contributed by atoms with Crippen LogP contribution >= 0.6 is 0 Å². The van der Waals surface area contributed by atoms with E-state index in [4.69, 9.17) is 14.2 Å². The molecule has 3 rings (SSSR count). The zero-order chi connectivity index (χ0) is 18.4. The molecular weight excluding hydrogens is 330 g/mol. The molecule has 6 heteroatoms. The molecule has 0 aliphatic carbocycles. The third-order valence-electron chi connectivity index (χ3n) is 3.85. The van der Waals surface area contributed by atoms with Gasteiger partial charge < -0.3 is 24.8 Å². The Bertz CT molecular complexity index is 775. The second kappa shape index (κ2) is 8.47. The van der Waals surface area contributed by atoms with Gasteiger partial charge in [0, 0.05) is 20.1 Å². The summed E-state index contributed by atoms with van der Waals surface area (Å²) in [7, 11) is 1.76. The molecule has 2 aromatic rings.